The Morgan fingerprint density at radius 2 is 1.86 bits per heavy atom. The van der Waals surface area contributed by atoms with Gasteiger partial charge in [-0.1, -0.05) is 0 Å². The average molecular weight is 383 g/mol. The summed E-state index contributed by atoms with van der Waals surface area (Å²) >= 11 is 0. The quantitative estimate of drug-likeness (QED) is 0.798. The number of piperidine rings is 1. The molecule has 3 aliphatic rings. The maximum absolute atomic E-state index is 6.21. The molecule has 28 heavy (non-hydrogen) atoms. The highest BCUT2D eigenvalue weighted by Gasteiger charge is 2.43. The van der Waals surface area contributed by atoms with Crippen LogP contribution in [-0.4, -0.2) is 46.6 Å². The first kappa shape index (κ1) is 18.1. The number of aromatic nitrogens is 2. The number of ether oxygens (including phenoxy) is 1. The highest BCUT2D eigenvalue weighted by atomic mass is 16.5. The van der Waals surface area contributed by atoms with E-state index in [-0.39, 0.29) is 6.10 Å². The fourth-order valence-electron chi connectivity index (χ4n) is 5.19. The molecule has 5 rings (SSSR count). The Bertz CT molecular complexity index is 764. The van der Waals surface area contributed by atoms with Gasteiger partial charge in [-0.25, -0.2) is 9.97 Å². The Balaban J connectivity index is 1.23. The standard InChI is InChI=1S/C22H30N4O2/c1-2-16-27-19(5-1)20-7-6-18(28-20)17-26-13-3-8-22(26)9-14-25(15-10-22)21-23-11-4-12-24-21/h4,6-7,11-12,19H,1-3,5,8-10,13-17H2. The smallest absolute Gasteiger partial charge is 0.225 e. The second-order valence-corrected chi connectivity index (χ2v) is 8.44. The van der Waals surface area contributed by atoms with Gasteiger partial charge < -0.3 is 14.1 Å². The second kappa shape index (κ2) is 7.84. The number of rotatable bonds is 4. The molecule has 0 aliphatic carbocycles. The van der Waals surface area contributed by atoms with Crippen molar-refractivity contribution in [2.75, 3.05) is 31.1 Å². The summed E-state index contributed by atoms with van der Waals surface area (Å²) in [6, 6.07) is 6.17. The second-order valence-electron chi connectivity index (χ2n) is 8.44. The van der Waals surface area contributed by atoms with Gasteiger partial charge in [0.2, 0.25) is 5.95 Å². The lowest BCUT2D eigenvalue weighted by Crippen LogP contribution is -2.52. The number of anilines is 1. The monoisotopic (exact) mass is 382 g/mol. The summed E-state index contributed by atoms with van der Waals surface area (Å²) in [6.45, 7) is 4.99. The maximum Gasteiger partial charge on any atom is 0.225 e. The van der Waals surface area contributed by atoms with Crippen LogP contribution in [0.4, 0.5) is 5.95 Å². The van der Waals surface area contributed by atoms with E-state index < -0.39 is 0 Å². The molecule has 0 bridgehead atoms. The Morgan fingerprint density at radius 1 is 1.00 bits per heavy atom. The van der Waals surface area contributed by atoms with E-state index in [0.29, 0.717) is 5.54 Å². The van der Waals surface area contributed by atoms with Crippen LogP contribution >= 0.6 is 0 Å². The van der Waals surface area contributed by atoms with E-state index in [2.05, 4.69) is 31.9 Å². The molecular weight excluding hydrogens is 352 g/mol. The molecule has 1 unspecified atom stereocenters. The van der Waals surface area contributed by atoms with Crippen molar-refractivity contribution in [3.8, 4) is 0 Å². The van der Waals surface area contributed by atoms with Crippen molar-refractivity contribution in [1.29, 1.82) is 0 Å². The fraction of sp³-hybridized carbons (Fsp3) is 0.636. The van der Waals surface area contributed by atoms with Crippen LogP contribution in [0, 0.1) is 0 Å². The van der Waals surface area contributed by atoms with Crippen LogP contribution in [-0.2, 0) is 11.3 Å². The molecule has 0 radical (unpaired) electrons. The first-order valence-electron chi connectivity index (χ1n) is 10.8. The molecule has 0 N–H and O–H groups in total. The summed E-state index contributed by atoms with van der Waals surface area (Å²) in [6.07, 6.45) is 12.2. The topological polar surface area (TPSA) is 54.6 Å². The van der Waals surface area contributed by atoms with Crippen molar-refractivity contribution in [3.63, 3.8) is 0 Å². The molecule has 3 saturated heterocycles. The predicted octanol–water partition coefficient (Wildman–Crippen LogP) is 3.95. The van der Waals surface area contributed by atoms with Gasteiger partial charge in [-0.15, -0.1) is 0 Å². The van der Waals surface area contributed by atoms with Gasteiger partial charge in [0.25, 0.3) is 0 Å². The number of furan rings is 1. The Labute approximate surface area is 166 Å². The minimum Gasteiger partial charge on any atom is -0.462 e. The van der Waals surface area contributed by atoms with E-state index in [0.717, 1.165) is 56.7 Å². The summed E-state index contributed by atoms with van der Waals surface area (Å²) in [5, 5.41) is 0. The van der Waals surface area contributed by atoms with E-state index in [4.69, 9.17) is 9.15 Å². The van der Waals surface area contributed by atoms with Crippen molar-refractivity contribution >= 4 is 5.95 Å². The molecule has 0 amide bonds. The number of nitrogens with zero attached hydrogens (tertiary/aromatic N) is 4. The van der Waals surface area contributed by atoms with Gasteiger partial charge in [0.05, 0.1) is 6.54 Å². The first-order valence-corrected chi connectivity index (χ1v) is 10.8. The fourth-order valence-corrected chi connectivity index (χ4v) is 5.19. The van der Waals surface area contributed by atoms with Gasteiger partial charge in [0, 0.05) is 37.6 Å². The summed E-state index contributed by atoms with van der Waals surface area (Å²) in [4.78, 5) is 13.8. The molecule has 3 aliphatic heterocycles. The lowest BCUT2D eigenvalue weighted by molar-refractivity contribution is 0.000272. The number of likely N-dealkylation sites (tertiary alicyclic amines) is 1. The van der Waals surface area contributed by atoms with Crippen molar-refractivity contribution in [2.45, 2.75) is 63.1 Å². The van der Waals surface area contributed by atoms with Gasteiger partial charge in [-0.3, -0.25) is 4.90 Å². The molecule has 150 valence electrons. The maximum atomic E-state index is 6.21. The van der Waals surface area contributed by atoms with Gasteiger partial charge in [-0.2, -0.15) is 0 Å². The van der Waals surface area contributed by atoms with E-state index in [1.165, 1.54) is 38.5 Å². The van der Waals surface area contributed by atoms with Crippen LogP contribution in [0.2, 0.25) is 0 Å². The van der Waals surface area contributed by atoms with Gasteiger partial charge in [0.15, 0.2) is 0 Å². The van der Waals surface area contributed by atoms with Crippen molar-refractivity contribution in [2.24, 2.45) is 0 Å². The van der Waals surface area contributed by atoms with Crippen molar-refractivity contribution < 1.29 is 9.15 Å². The zero-order valence-corrected chi connectivity index (χ0v) is 16.6. The van der Waals surface area contributed by atoms with Gasteiger partial charge in [-0.05, 0) is 69.7 Å². The molecule has 2 aromatic heterocycles. The van der Waals surface area contributed by atoms with Crippen LogP contribution < -0.4 is 4.90 Å². The largest absolute Gasteiger partial charge is 0.462 e. The summed E-state index contributed by atoms with van der Waals surface area (Å²) in [5.41, 5.74) is 0.305. The number of hydrogen-bond acceptors (Lipinski definition) is 6. The lowest BCUT2D eigenvalue weighted by atomic mass is 9.85. The third-order valence-electron chi connectivity index (χ3n) is 6.80. The van der Waals surface area contributed by atoms with Crippen LogP contribution in [0.25, 0.3) is 0 Å². The number of hydrogen-bond donors (Lipinski definition) is 0. The zero-order valence-electron chi connectivity index (χ0n) is 16.6. The summed E-state index contributed by atoms with van der Waals surface area (Å²) in [7, 11) is 0. The molecule has 2 aromatic rings. The molecule has 5 heterocycles. The molecule has 3 fully saturated rings. The van der Waals surface area contributed by atoms with E-state index in [1.807, 2.05) is 18.5 Å². The molecule has 0 saturated carbocycles. The normalized spacial score (nSPS) is 25.4. The Kier molecular flexibility index (Phi) is 5.07. The first-order chi connectivity index (χ1) is 13.8. The lowest BCUT2D eigenvalue weighted by Gasteiger charge is -2.44. The molecular formula is C22H30N4O2. The Hall–Kier alpha value is -1.92. The Morgan fingerprint density at radius 3 is 2.64 bits per heavy atom. The highest BCUT2D eigenvalue weighted by Crippen LogP contribution is 2.40. The van der Waals surface area contributed by atoms with Crippen LogP contribution in [0.5, 0.6) is 0 Å². The van der Waals surface area contributed by atoms with Crippen LogP contribution in [0.15, 0.2) is 35.0 Å². The van der Waals surface area contributed by atoms with Crippen LogP contribution in [0.3, 0.4) is 0 Å². The molecule has 1 spiro atoms. The summed E-state index contributed by atoms with van der Waals surface area (Å²) in [5.74, 6) is 2.96. The van der Waals surface area contributed by atoms with Gasteiger partial charge in [0.1, 0.15) is 17.6 Å². The van der Waals surface area contributed by atoms with Crippen LogP contribution in [0.1, 0.15) is 62.6 Å². The van der Waals surface area contributed by atoms with Crippen molar-refractivity contribution in [1.82, 2.24) is 14.9 Å². The minimum atomic E-state index is 0.157. The highest BCUT2D eigenvalue weighted by molar-refractivity contribution is 5.30. The average Bonchev–Trinajstić information content (AvgIpc) is 3.38. The van der Waals surface area contributed by atoms with Crippen molar-refractivity contribution in [3.05, 3.63) is 42.1 Å². The molecule has 0 aromatic carbocycles. The van der Waals surface area contributed by atoms with E-state index in [9.17, 15) is 0 Å². The molecule has 6 heteroatoms. The van der Waals surface area contributed by atoms with E-state index in [1.54, 1.807) is 0 Å². The van der Waals surface area contributed by atoms with Gasteiger partial charge >= 0.3 is 0 Å². The molecule has 1 atom stereocenters. The predicted molar refractivity (Wildman–Crippen MR) is 107 cm³/mol. The minimum absolute atomic E-state index is 0.157. The summed E-state index contributed by atoms with van der Waals surface area (Å²) < 4.78 is 12.1. The van der Waals surface area contributed by atoms with E-state index >= 15 is 0 Å². The zero-order chi connectivity index (χ0) is 18.8. The third-order valence-corrected chi connectivity index (χ3v) is 6.80. The molecule has 6 nitrogen and oxygen atoms in total. The SMILES string of the molecule is c1cnc(N2CCC3(CCCN3Cc3ccc(C4CCCCO4)o3)CC2)nc1. The third kappa shape index (κ3) is 3.55.